The van der Waals surface area contributed by atoms with Crippen molar-refractivity contribution in [1.82, 2.24) is 9.62 Å². The van der Waals surface area contributed by atoms with Crippen LogP contribution in [0.15, 0.2) is 29.2 Å². The summed E-state index contributed by atoms with van der Waals surface area (Å²) in [4.78, 5) is 11.1. The standard InChI is InChI=1S/C13H18N2O4S/c1-11(16)14-10-12-2-4-13(5-3-12)20(17,18)15-6-8-19-9-7-15/h2-5H,6-10H2,1H3,(H,14,16). The third kappa shape index (κ3) is 3.56. The average molecular weight is 298 g/mol. The van der Waals surface area contributed by atoms with Crippen LogP contribution in [0.25, 0.3) is 0 Å². The maximum atomic E-state index is 12.4. The van der Waals surface area contributed by atoms with Crippen molar-refractivity contribution in [3.05, 3.63) is 29.8 Å². The van der Waals surface area contributed by atoms with Gasteiger partial charge in [-0.05, 0) is 17.7 Å². The molecule has 0 saturated carbocycles. The molecule has 2 rings (SSSR count). The quantitative estimate of drug-likeness (QED) is 0.870. The lowest BCUT2D eigenvalue weighted by atomic mass is 10.2. The van der Waals surface area contributed by atoms with Crippen molar-refractivity contribution in [3.63, 3.8) is 0 Å². The van der Waals surface area contributed by atoms with Crippen LogP contribution in [0, 0.1) is 0 Å². The molecule has 0 spiro atoms. The molecule has 0 unspecified atom stereocenters. The summed E-state index contributed by atoms with van der Waals surface area (Å²) >= 11 is 0. The highest BCUT2D eigenvalue weighted by Crippen LogP contribution is 2.17. The molecule has 1 fully saturated rings. The molecule has 20 heavy (non-hydrogen) atoms. The van der Waals surface area contributed by atoms with Crippen molar-refractivity contribution >= 4 is 15.9 Å². The number of rotatable bonds is 4. The van der Waals surface area contributed by atoms with E-state index in [0.29, 0.717) is 32.8 Å². The van der Waals surface area contributed by atoms with E-state index in [1.54, 1.807) is 24.3 Å². The fraction of sp³-hybridized carbons (Fsp3) is 0.462. The molecule has 1 heterocycles. The van der Waals surface area contributed by atoms with Crippen molar-refractivity contribution in [3.8, 4) is 0 Å². The molecule has 1 aromatic rings. The summed E-state index contributed by atoms with van der Waals surface area (Å²) in [5.74, 6) is -0.116. The minimum atomic E-state index is -3.44. The first-order valence-corrected chi connectivity index (χ1v) is 7.85. The highest BCUT2D eigenvalue weighted by molar-refractivity contribution is 7.89. The summed E-state index contributed by atoms with van der Waals surface area (Å²) in [6.45, 7) is 3.47. The van der Waals surface area contributed by atoms with E-state index in [-0.39, 0.29) is 10.8 Å². The van der Waals surface area contributed by atoms with Gasteiger partial charge in [-0.25, -0.2) is 8.42 Å². The Bertz CT molecular complexity index is 563. The number of ether oxygens (including phenoxy) is 1. The molecule has 0 aromatic heterocycles. The number of morpholine rings is 1. The first-order chi connectivity index (χ1) is 9.50. The number of sulfonamides is 1. The normalized spacial score (nSPS) is 16.9. The van der Waals surface area contributed by atoms with E-state index in [1.165, 1.54) is 11.2 Å². The van der Waals surface area contributed by atoms with E-state index in [0.717, 1.165) is 5.56 Å². The van der Waals surface area contributed by atoms with Gasteiger partial charge in [-0.15, -0.1) is 0 Å². The molecule has 1 amide bonds. The van der Waals surface area contributed by atoms with E-state index in [9.17, 15) is 13.2 Å². The molecule has 110 valence electrons. The topological polar surface area (TPSA) is 75.7 Å². The minimum Gasteiger partial charge on any atom is -0.379 e. The van der Waals surface area contributed by atoms with Crippen LogP contribution in [0.4, 0.5) is 0 Å². The number of carbonyl (C=O) groups is 1. The van der Waals surface area contributed by atoms with Crippen LogP contribution in [0.1, 0.15) is 12.5 Å². The number of nitrogens with zero attached hydrogens (tertiary/aromatic N) is 1. The molecular formula is C13H18N2O4S. The molecule has 0 atom stereocenters. The van der Waals surface area contributed by atoms with Crippen molar-refractivity contribution in [2.75, 3.05) is 26.3 Å². The third-order valence-corrected chi connectivity index (χ3v) is 4.99. The Kier molecular flexibility index (Phi) is 4.74. The smallest absolute Gasteiger partial charge is 0.243 e. The van der Waals surface area contributed by atoms with Crippen LogP contribution >= 0.6 is 0 Å². The summed E-state index contributed by atoms with van der Waals surface area (Å²) < 4.78 is 31.3. The van der Waals surface area contributed by atoms with Gasteiger partial charge in [0.05, 0.1) is 18.1 Å². The van der Waals surface area contributed by atoms with Crippen molar-refractivity contribution < 1.29 is 17.9 Å². The summed E-state index contributed by atoms with van der Waals surface area (Å²) in [6, 6.07) is 6.57. The molecular weight excluding hydrogens is 280 g/mol. The van der Waals surface area contributed by atoms with Crippen molar-refractivity contribution in [1.29, 1.82) is 0 Å². The van der Waals surface area contributed by atoms with Gasteiger partial charge in [0.1, 0.15) is 0 Å². The maximum Gasteiger partial charge on any atom is 0.243 e. The maximum absolute atomic E-state index is 12.4. The Morgan fingerprint density at radius 3 is 2.40 bits per heavy atom. The van der Waals surface area contributed by atoms with Gasteiger partial charge in [0, 0.05) is 26.6 Å². The predicted molar refractivity (Wildman–Crippen MR) is 73.5 cm³/mol. The lowest BCUT2D eigenvalue weighted by Crippen LogP contribution is -2.40. The van der Waals surface area contributed by atoms with Gasteiger partial charge in [-0.2, -0.15) is 4.31 Å². The lowest BCUT2D eigenvalue weighted by Gasteiger charge is -2.26. The van der Waals surface area contributed by atoms with Gasteiger partial charge >= 0.3 is 0 Å². The molecule has 1 saturated heterocycles. The first-order valence-electron chi connectivity index (χ1n) is 6.41. The lowest BCUT2D eigenvalue weighted by molar-refractivity contribution is -0.119. The van der Waals surface area contributed by atoms with Crippen LogP contribution in [0.5, 0.6) is 0 Å². The van der Waals surface area contributed by atoms with E-state index >= 15 is 0 Å². The fourth-order valence-corrected chi connectivity index (χ4v) is 3.35. The predicted octanol–water partition coefficient (Wildman–Crippen LogP) is 0.344. The van der Waals surface area contributed by atoms with Crippen molar-refractivity contribution in [2.24, 2.45) is 0 Å². The van der Waals surface area contributed by atoms with Gasteiger partial charge in [0.15, 0.2) is 0 Å². The second kappa shape index (κ2) is 6.34. The second-order valence-electron chi connectivity index (χ2n) is 4.57. The van der Waals surface area contributed by atoms with Crippen LogP contribution < -0.4 is 5.32 Å². The van der Waals surface area contributed by atoms with Gasteiger partial charge < -0.3 is 10.1 Å². The molecule has 0 radical (unpaired) electrons. The molecule has 0 bridgehead atoms. The zero-order valence-electron chi connectivity index (χ0n) is 11.3. The SMILES string of the molecule is CC(=O)NCc1ccc(S(=O)(=O)N2CCOCC2)cc1. The Labute approximate surface area is 118 Å². The van der Waals surface area contributed by atoms with E-state index in [1.807, 2.05) is 0 Å². The van der Waals surface area contributed by atoms with E-state index in [4.69, 9.17) is 4.74 Å². The molecule has 1 aliphatic heterocycles. The Balaban J connectivity index is 2.10. The molecule has 0 aliphatic carbocycles. The Hall–Kier alpha value is -1.44. The molecule has 1 N–H and O–H groups in total. The molecule has 1 aromatic carbocycles. The van der Waals surface area contributed by atoms with Crippen molar-refractivity contribution in [2.45, 2.75) is 18.4 Å². The highest BCUT2D eigenvalue weighted by atomic mass is 32.2. The zero-order chi connectivity index (χ0) is 14.6. The zero-order valence-corrected chi connectivity index (χ0v) is 12.1. The molecule has 1 aliphatic rings. The summed E-state index contributed by atoms with van der Waals surface area (Å²) in [5.41, 5.74) is 0.862. The third-order valence-electron chi connectivity index (χ3n) is 3.07. The Morgan fingerprint density at radius 1 is 1.25 bits per heavy atom. The number of benzene rings is 1. The number of hydrogen-bond acceptors (Lipinski definition) is 4. The van der Waals surface area contributed by atoms with Crippen LogP contribution in [-0.2, 0) is 26.1 Å². The minimum absolute atomic E-state index is 0.116. The van der Waals surface area contributed by atoms with Crippen LogP contribution in [-0.4, -0.2) is 44.9 Å². The highest BCUT2D eigenvalue weighted by Gasteiger charge is 2.25. The van der Waals surface area contributed by atoms with Crippen LogP contribution in [0.2, 0.25) is 0 Å². The number of nitrogens with one attached hydrogen (secondary N) is 1. The summed E-state index contributed by atoms with van der Waals surface area (Å²) in [5, 5.41) is 2.67. The summed E-state index contributed by atoms with van der Waals surface area (Å²) in [6.07, 6.45) is 0. The summed E-state index contributed by atoms with van der Waals surface area (Å²) in [7, 11) is -3.44. The molecule has 7 heteroatoms. The van der Waals surface area contributed by atoms with Gasteiger partial charge in [-0.1, -0.05) is 12.1 Å². The number of hydrogen-bond donors (Lipinski definition) is 1. The van der Waals surface area contributed by atoms with Gasteiger partial charge in [-0.3, -0.25) is 4.79 Å². The number of carbonyl (C=O) groups excluding carboxylic acids is 1. The average Bonchev–Trinajstić information content (AvgIpc) is 2.46. The first kappa shape index (κ1) is 15.0. The van der Waals surface area contributed by atoms with Gasteiger partial charge in [0.2, 0.25) is 15.9 Å². The molecule has 6 nitrogen and oxygen atoms in total. The van der Waals surface area contributed by atoms with E-state index in [2.05, 4.69) is 5.32 Å². The van der Waals surface area contributed by atoms with Crippen LogP contribution in [0.3, 0.4) is 0 Å². The second-order valence-corrected chi connectivity index (χ2v) is 6.51. The Morgan fingerprint density at radius 2 is 1.85 bits per heavy atom. The largest absolute Gasteiger partial charge is 0.379 e. The number of amides is 1. The monoisotopic (exact) mass is 298 g/mol. The fourth-order valence-electron chi connectivity index (χ4n) is 1.94. The van der Waals surface area contributed by atoms with Gasteiger partial charge in [0.25, 0.3) is 0 Å². The van der Waals surface area contributed by atoms with E-state index < -0.39 is 10.0 Å².